The Balaban J connectivity index is 1.58. The molecule has 130 valence electrons. The highest BCUT2D eigenvalue weighted by molar-refractivity contribution is 6.30. The third kappa shape index (κ3) is 2.91. The summed E-state index contributed by atoms with van der Waals surface area (Å²) in [6, 6.07) is 11.9. The van der Waals surface area contributed by atoms with Crippen molar-refractivity contribution >= 4 is 34.7 Å². The van der Waals surface area contributed by atoms with Gasteiger partial charge in [0.1, 0.15) is 5.82 Å². The fraction of sp³-hybridized carbons (Fsp3) is 0.294. The Kier molecular flexibility index (Phi) is 4.01. The summed E-state index contributed by atoms with van der Waals surface area (Å²) in [5, 5.41) is 5.08. The Morgan fingerprint density at radius 2 is 1.84 bits per heavy atom. The van der Waals surface area contributed by atoms with Crippen molar-refractivity contribution in [3.05, 3.63) is 41.4 Å². The van der Waals surface area contributed by atoms with Crippen molar-refractivity contribution < 1.29 is 4.74 Å². The van der Waals surface area contributed by atoms with Gasteiger partial charge in [0, 0.05) is 36.9 Å². The van der Waals surface area contributed by atoms with E-state index in [1.807, 2.05) is 30.3 Å². The van der Waals surface area contributed by atoms with Crippen molar-refractivity contribution in [2.75, 3.05) is 48.8 Å². The number of ether oxygens (including phenoxy) is 1. The SMILES string of the molecule is COc1ccc(N2CCN(c3cccc(Cl)c3)CC2)n2nc(N)nc12. The predicted octanol–water partition coefficient (Wildman–Crippen LogP) is 2.30. The zero-order valence-electron chi connectivity index (χ0n) is 13.9. The van der Waals surface area contributed by atoms with E-state index in [0.29, 0.717) is 11.4 Å². The van der Waals surface area contributed by atoms with Crippen LogP contribution in [0.1, 0.15) is 0 Å². The fourth-order valence-electron chi connectivity index (χ4n) is 3.21. The molecule has 4 rings (SSSR count). The summed E-state index contributed by atoms with van der Waals surface area (Å²) in [5.74, 6) is 1.86. The first kappa shape index (κ1) is 15.8. The first-order valence-electron chi connectivity index (χ1n) is 8.10. The molecule has 1 fully saturated rings. The zero-order valence-corrected chi connectivity index (χ0v) is 14.6. The molecule has 0 radical (unpaired) electrons. The average Bonchev–Trinajstić information content (AvgIpc) is 3.02. The number of aromatic nitrogens is 3. The second-order valence-electron chi connectivity index (χ2n) is 5.92. The van der Waals surface area contributed by atoms with Crippen LogP contribution < -0.4 is 20.3 Å². The summed E-state index contributed by atoms with van der Waals surface area (Å²) < 4.78 is 7.10. The van der Waals surface area contributed by atoms with E-state index >= 15 is 0 Å². The number of nitrogens with zero attached hydrogens (tertiary/aromatic N) is 5. The van der Waals surface area contributed by atoms with Gasteiger partial charge in [-0.1, -0.05) is 17.7 Å². The standard InChI is InChI=1S/C17H19ClN6O/c1-25-14-5-6-15(24-16(14)20-17(19)21-24)23-9-7-22(8-10-23)13-4-2-3-12(18)11-13/h2-6,11H,7-10H2,1H3,(H2,19,21). The van der Waals surface area contributed by atoms with Gasteiger partial charge in [-0.2, -0.15) is 9.50 Å². The van der Waals surface area contributed by atoms with Crippen molar-refractivity contribution in [3.63, 3.8) is 0 Å². The van der Waals surface area contributed by atoms with Crippen molar-refractivity contribution in [1.82, 2.24) is 14.6 Å². The van der Waals surface area contributed by atoms with Crippen LogP contribution in [-0.4, -0.2) is 47.9 Å². The van der Waals surface area contributed by atoms with Crippen molar-refractivity contribution in [1.29, 1.82) is 0 Å². The molecule has 25 heavy (non-hydrogen) atoms. The lowest BCUT2D eigenvalue weighted by Crippen LogP contribution is -2.47. The smallest absolute Gasteiger partial charge is 0.240 e. The number of nitrogens with two attached hydrogens (primary N) is 1. The van der Waals surface area contributed by atoms with E-state index in [9.17, 15) is 0 Å². The van der Waals surface area contributed by atoms with Gasteiger partial charge in [-0.25, -0.2) is 0 Å². The highest BCUT2D eigenvalue weighted by Crippen LogP contribution is 2.27. The lowest BCUT2D eigenvalue weighted by atomic mass is 10.2. The van der Waals surface area contributed by atoms with E-state index in [2.05, 4.69) is 25.9 Å². The van der Waals surface area contributed by atoms with E-state index in [4.69, 9.17) is 22.1 Å². The van der Waals surface area contributed by atoms with Gasteiger partial charge in [-0.15, -0.1) is 5.10 Å². The molecule has 2 aromatic heterocycles. The molecule has 0 bridgehead atoms. The zero-order chi connectivity index (χ0) is 17.4. The quantitative estimate of drug-likeness (QED) is 0.774. The van der Waals surface area contributed by atoms with E-state index in [1.54, 1.807) is 11.6 Å². The highest BCUT2D eigenvalue weighted by Gasteiger charge is 2.21. The topological polar surface area (TPSA) is 71.9 Å². The number of fused-ring (bicyclic) bond motifs is 1. The number of anilines is 3. The molecule has 8 heteroatoms. The molecule has 1 saturated heterocycles. The number of nitrogen functional groups attached to an aromatic ring is 1. The largest absolute Gasteiger partial charge is 0.493 e. The number of hydrogen-bond donors (Lipinski definition) is 1. The fourth-order valence-corrected chi connectivity index (χ4v) is 3.39. The molecule has 0 amide bonds. The van der Waals surface area contributed by atoms with Gasteiger partial charge in [-0.3, -0.25) is 0 Å². The summed E-state index contributed by atoms with van der Waals surface area (Å²) in [5.41, 5.74) is 7.57. The van der Waals surface area contributed by atoms with Gasteiger partial charge < -0.3 is 20.3 Å². The van der Waals surface area contributed by atoms with E-state index in [1.165, 1.54) is 0 Å². The lowest BCUT2D eigenvalue weighted by Gasteiger charge is -2.37. The molecule has 1 aliphatic rings. The normalized spacial score (nSPS) is 15.0. The number of methoxy groups -OCH3 is 1. The van der Waals surface area contributed by atoms with Gasteiger partial charge in [-0.05, 0) is 30.3 Å². The minimum atomic E-state index is 0.239. The van der Waals surface area contributed by atoms with Crippen molar-refractivity contribution in [2.24, 2.45) is 0 Å². The molecule has 2 N–H and O–H groups in total. The van der Waals surface area contributed by atoms with Crippen molar-refractivity contribution in [3.8, 4) is 5.75 Å². The number of rotatable bonds is 3. The number of hydrogen-bond acceptors (Lipinski definition) is 6. The predicted molar refractivity (Wildman–Crippen MR) is 99.8 cm³/mol. The lowest BCUT2D eigenvalue weighted by molar-refractivity contribution is 0.416. The van der Waals surface area contributed by atoms with Crippen LogP contribution in [0.5, 0.6) is 5.75 Å². The molecule has 1 aliphatic heterocycles. The van der Waals surface area contributed by atoms with Crippen LogP contribution in [0.3, 0.4) is 0 Å². The molecule has 0 spiro atoms. The van der Waals surface area contributed by atoms with Crippen LogP contribution in [0.15, 0.2) is 36.4 Å². The second-order valence-corrected chi connectivity index (χ2v) is 6.36. The van der Waals surface area contributed by atoms with Crippen molar-refractivity contribution in [2.45, 2.75) is 0 Å². The summed E-state index contributed by atoms with van der Waals surface area (Å²) in [6.07, 6.45) is 0. The van der Waals surface area contributed by atoms with Gasteiger partial charge in [0.2, 0.25) is 11.6 Å². The van der Waals surface area contributed by atoms with Crippen LogP contribution >= 0.6 is 11.6 Å². The van der Waals surface area contributed by atoms with Gasteiger partial charge in [0.15, 0.2) is 5.75 Å². The maximum Gasteiger partial charge on any atom is 0.240 e. The van der Waals surface area contributed by atoms with Crippen LogP contribution in [0.25, 0.3) is 5.65 Å². The Morgan fingerprint density at radius 1 is 1.08 bits per heavy atom. The Hall–Kier alpha value is -2.67. The molecule has 0 saturated carbocycles. The molecule has 3 aromatic rings. The Morgan fingerprint density at radius 3 is 2.56 bits per heavy atom. The summed E-state index contributed by atoms with van der Waals surface area (Å²) in [7, 11) is 1.61. The van der Waals surface area contributed by atoms with E-state index in [0.717, 1.165) is 42.7 Å². The maximum atomic E-state index is 6.11. The highest BCUT2D eigenvalue weighted by atomic mass is 35.5. The molecule has 3 heterocycles. The molecule has 7 nitrogen and oxygen atoms in total. The summed E-state index contributed by atoms with van der Waals surface area (Å²) in [4.78, 5) is 8.88. The molecule has 0 unspecified atom stereocenters. The van der Waals surface area contributed by atoms with E-state index < -0.39 is 0 Å². The third-order valence-electron chi connectivity index (χ3n) is 4.44. The van der Waals surface area contributed by atoms with Gasteiger partial charge in [0.25, 0.3) is 0 Å². The molecular weight excluding hydrogens is 340 g/mol. The molecular formula is C17H19ClN6O. The molecule has 0 aliphatic carbocycles. The number of pyridine rings is 1. The Labute approximate surface area is 150 Å². The van der Waals surface area contributed by atoms with Gasteiger partial charge in [0.05, 0.1) is 7.11 Å². The first-order valence-corrected chi connectivity index (χ1v) is 8.48. The number of benzene rings is 1. The van der Waals surface area contributed by atoms with Crippen LogP contribution in [0, 0.1) is 0 Å². The van der Waals surface area contributed by atoms with Crippen LogP contribution in [0.2, 0.25) is 5.02 Å². The minimum absolute atomic E-state index is 0.239. The van der Waals surface area contributed by atoms with Gasteiger partial charge >= 0.3 is 0 Å². The molecule has 1 aromatic carbocycles. The summed E-state index contributed by atoms with van der Waals surface area (Å²) >= 11 is 6.11. The van der Waals surface area contributed by atoms with E-state index in [-0.39, 0.29) is 5.95 Å². The maximum absolute atomic E-state index is 6.11. The average molecular weight is 359 g/mol. The monoisotopic (exact) mass is 358 g/mol. The minimum Gasteiger partial charge on any atom is -0.493 e. The molecule has 0 atom stereocenters. The summed E-state index contributed by atoms with van der Waals surface area (Å²) in [6.45, 7) is 3.54. The second kappa shape index (κ2) is 6.33. The van der Waals surface area contributed by atoms with Crippen LogP contribution in [-0.2, 0) is 0 Å². The number of piperazine rings is 1. The Bertz CT molecular complexity index is 903. The van der Waals surface area contributed by atoms with Crippen LogP contribution in [0.4, 0.5) is 17.5 Å². The number of halogens is 1. The third-order valence-corrected chi connectivity index (χ3v) is 4.68. The first-order chi connectivity index (χ1) is 12.2.